The highest BCUT2D eigenvalue weighted by molar-refractivity contribution is 6.12. The lowest BCUT2D eigenvalue weighted by atomic mass is 9.68. The lowest BCUT2D eigenvalue weighted by Gasteiger charge is -2.35. The summed E-state index contributed by atoms with van der Waals surface area (Å²) in [6.45, 7) is 4.96. The number of fused-ring (bicyclic) bond motifs is 2. The summed E-state index contributed by atoms with van der Waals surface area (Å²) in [5.41, 5.74) is 4.64. The van der Waals surface area contributed by atoms with Gasteiger partial charge in [-0.15, -0.1) is 6.42 Å². The van der Waals surface area contributed by atoms with E-state index >= 15 is 0 Å². The van der Waals surface area contributed by atoms with E-state index in [0.717, 1.165) is 0 Å². The maximum Gasteiger partial charge on any atom is 0.337 e. The molecule has 2 heterocycles. The zero-order valence-corrected chi connectivity index (χ0v) is 15.2. The molecule has 0 saturated carbocycles. The molecule has 2 aliphatic heterocycles. The van der Waals surface area contributed by atoms with Crippen LogP contribution >= 0.6 is 0 Å². The number of allylic oxidation sites excluding steroid dienone is 1. The first-order chi connectivity index (χ1) is 13.4. The Morgan fingerprint density at radius 1 is 1.50 bits per heavy atom. The van der Waals surface area contributed by atoms with Gasteiger partial charge < -0.3 is 20.1 Å². The number of hydrogen-bond acceptors (Lipinski definition) is 6. The summed E-state index contributed by atoms with van der Waals surface area (Å²) in [5, 5.41) is 9.84. The lowest BCUT2D eigenvalue weighted by Crippen LogP contribution is -2.47. The topological polar surface area (TPSA) is 106 Å². The number of nitrogens with two attached hydrogens (primary N) is 1. The quantitative estimate of drug-likeness (QED) is 0.486. The zero-order chi connectivity index (χ0) is 20.5. The number of para-hydroxylation sites is 1. The standard InChI is InChI=1S/C21H17N3O4/c1-4-10-24-13(3)17(19(25)27-11-5-2)21(20(24)26)14-8-6-7-9-16(14)28-18(23)15(21)12-22/h1,5-9H,2,10-11,23H2,3H3. The van der Waals surface area contributed by atoms with Crippen LogP contribution in [0.2, 0.25) is 0 Å². The van der Waals surface area contributed by atoms with Crippen LogP contribution in [0, 0.1) is 23.7 Å². The van der Waals surface area contributed by atoms with Crippen molar-refractivity contribution < 1.29 is 19.1 Å². The van der Waals surface area contributed by atoms with Gasteiger partial charge in [0.15, 0.2) is 5.41 Å². The Labute approximate surface area is 162 Å². The first-order valence-corrected chi connectivity index (χ1v) is 8.37. The number of esters is 1. The van der Waals surface area contributed by atoms with Crippen molar-refractivity contribution in [2.45, 2.75) is 12.3 Å². The molecule has 0 fully saturated rings. The normalized spacial score (nSPS) is 20.4. The Morgan fingerprint density at radius 3 is 2.86 bits per heavy atom. The van der Waals surface area contributed by atoms with E-state index in [-0.39, 0.29) is 35.9 Å². The number of hydrogen-bond donors (Lipinski definition) is 1. The van der Waals surface area contributed by atoms with E-state index in [1.165, 1.54) is 11.0 Å². The number of carbonyl (C=O) groups excluding carboxylic acids is 2. The van der Waals surface area contributed by atoms with Crippen molar-refractivity contribution in [3.8, 4) is 24.2 Å². The van der Waals surface area contributed by atoms with Crippen molar-refractivity contribution in [2.24, 2.45) is 5.73 Å². The maximum absolute atomic E-state index is 13.6. The molecule has 0 bridgehead atoms. The van der Waals surface area contributed by atoms with Gasteiger partial charge in [-0.25, -0.2) is 4.79 Å². The number of nitriles is 1. The predicted molar refractivity (Wildman–Crippen MR) is 100.0 cm³/mol. The zero-order valence-electron chi connectivity index (χ0n) is 15.2. The number of terminal acetylenes is 1. The van der Waals surface area contributed by atoms with E-state index in [0.29, 0.717) is 11.3 Å². The Hall–Kier alpha value is -3.97. The molecule has 0 aliphatic carbocycles. The van der Waals surface area contributed by atoms with Gasteiger partial charge in [0, 0.05) is 11.3 Å². The molecular weight excluding hydrogens is 358 g/mol. The molecule has 2 aliphatic rings. The Balaban J connectivity index is 2.39. The molecule has 1 atom stereocenters. The second-order valence-electron chi connectivity index (χ2n) is 6.14. The summed E-state index contributed by atoms with van der Waals surface area (Å²) < 4.78 is 10.8. The fourth-order valence-electron chi connectivity index (χ4n) is 3.63. The third-order valence-electron chi connectivity index (χ3n) is 4.74. The first-order valence-electron chi connectivity index (χ1n) is 8.37. The molecule has 1 aromatic rings. The van der Waals surface area contributed by atoms with Crippen LogP contribution in [0.5, 0.6) is 5.75 Å². The lowest BCUT2D eigenvalue weighted by molar-refractivity contribution is -0.140. The molecule has 1 amide bonds. The van der Waals surface area contributed by atoms with Gasteiger partial charge in [-0.05, 0) is 13.0 Å². The summed E-state index contributed by atoms with van der Waals surface area (Å²) in [6.07, 6.45) is 6.83. The molecule has 0 aromatic heterocycles. The highest BCUT2D eigenvalue weighted by Gasteiger charge is 2.62. The third-order valence-corrected chi connectivity index (χ3v) is 4.74. The van der Waals surface area contributed by atoms with E-state index in [1.807, 2.05) is 6.07 Å². The average molecular weight is 375 g/mol. The molecule has 28 heavy (non-hydrogen) atoms. The minimum atomic E-state index is -1.78. The van der Waals surface area contributed by atoms with Gasteiger partial charge in [-0.3, -0.25) is 4.79 Å². The summed E-state index contributed by atoms with van der Waals surface area (Å²) >= 11 is 0. The smallest absolute Gasteiger partial charge is 0.337 e. The van der Waals surface area contributed by atoms with E-state index in [1.54, 1.807) is 31.2 Å². The predicted octanol–water partition coefficient (Wildman–Crippen LogP) is 1.49. The molecule has 7 nitrogen and oxygen atoms in total. The average Bonchev–Trinajstić information content (AvgIpc) is 2.89. The molecule has 140 valence electrons. The monoisotopic (exact) mass is 375 g/mol. The van der Waals surface area contributed by atoms with Crippen LogP contribution in [0.15, 0.2) is 59.6 Å². The molecular formula is C21H17N3O4. The minimum absolute atomic E-state index is 0.00940. The second-order valence-corrected chi connectivity index (χ2v) is 6.14. The van der Waals surface area contributed by atoms with Crippen molar-refractivity contribution in [2.75, 3.05) is 13.2 Å². The Morgan fingerprint density at radius 2 is 2.21 bits per heavy atom. The summed E-state index contributed by atoms with van der Waals surface area (Å²) in [7, 11) is 0. The largest absolute Gasteiger partial charge is 0.458 e. The minimum Gasteiger partial charge on any atom is -0.458 e. The summed E-state index contributed by atoms with van der Waals surface area (Å²) in [4.78, 5) is 27.9. The Bertz CT molecular complexity index is 1040. The van der Waals surface area contributed by atoms with Gasteiger partial charge in [0.25, 0.3) is 0 Å². The van der Waals surface area contributed by atoms with E-state index in [9.17, 15) is 14.9 Å². The highest BCUT2D eigenvalue weighted by Crippen LogP contribution is 2.53. The fourth-order valence-corrected chi connectivity index (χ4v) is 3.63. The summed E-state index contributed by atoms with van der Waals surface area (Å²) in [5.74, 6) is 1.11. The third kappa shape index (κ3) is 2.38. The van der Waals surface area contributed by atoms with Gasteiger partial charge >= 0.3 is 5.97 Å². The van der Waals surface area contributed by atoms with Crippen molar-refractivity contribution in [1.29, 1.82) is 5.26 Å². The Kier molecular flexibility index (Phi) is 4.69. The maximum atomic E-state index is 13.6. The van der Waals surface area contributed by atoms with Gasteiger partial charge in [-0.2, -0.15) is 5.26 Å². The van der Waals surface area contributed by atoms with Crippen LogP contribution in [-0.4, -0.2) is 29.9 Å². The number of ether oxygens (including phenoxy) is 2. The van der Waals surface area contributed by atoms with Crippen molar-refractivity contribution in [3.05, 3.63) is 65.2 Å². The van der Waals surface area contributed by atoms with E-state index in [2.05, 4.69) is 12.5 Å². The second kappa shape index (κ2) is 6.98. The van der Waals surface area contributed by atoms with E-state index < -0.39 is 17.3 Å². The highest BCUT2D eigenvalue weighted by atomic mass is 16.5. The van der Waals surface area contributed by atoms with Crippen LogP contribution in [-0.2, 0) is 19.7 Å². The van der Waals surface area contributed by atoms with Gasteiger partial charge in [0.1, 0.15) is 24.0 Å². The molecule has 7 heteroatoms. The SMILES string of the molecule is C#CCN1C(=O)C2(C(C#N)=C(N)Oc3ccccc32)C(C(=O)OCC=C)=C1C. The van der Waals surface area contributed by atoms with Crippen LogP contribution in [0.1, 0.15) is 12.5 Å². The number of benzene rings is 1. The number of nitrogens with zero attached hydrogens (tertiary/aromatic N) is 2. The van der Waals surface area contributed by atoms with Crippen LogP contribution < -0.4 is 10.5 Å². The fraction of sp³-hybridized carbons (Fsp3) is 0.190. The van der Waals surface area contributed by atoms with Gasteiger partial charge in [-0.1, -0.05) is 36.8 Å². The molecule has 1 unspecified atom stereocenters. The van der Waals surface area contributed by atoms with Crippen molar-refractivity contribution in [3.63, 3.8) is 0 Å². The number of carbonyl (C=O) groups is 2. The van der Waals surface area contributed by atoms with Gasteiger partial charge in [0.2, 0.25) is 11.8 Å². The molecule has 1 spiro atoms. The van der Waals surface area contributed by atoms with Gasteiger partial charge in [0.05, 0.1) is 12.1 Å². The molecule has 1 aromatic carbocycles. The molecule has 0 radical (unpaired) electrons. The summed E-state index contributed by atoms with van der Waals surface area (Å²) in [6, 6.07) is 8.55. The molecule has 3 rings (SSSR count). The molecule has 2 N–H and O–H groups in total. The van der Waals surface area contributed by atoms with Crippen molar-refractivity contribution >= 4 is 11.9 Å². The van der Waals surface area contributed by atoms with Crippen molar-refractivity contribution in [1.82, 2.24) is 4.90 Å². The number of rotatable bonds is 4. The molecule has 0 saturated heterocycles. The first kappa shape index (κ1) is 18.8. The van der Waals surface area contributed by atoms with E-state index in [4.69, 9.17) is 21.6 Å². The van der Waals surface area contributed by atoms with Crippen LogP contribution in [0.3, 0.4) is 0 Å². The number of amides is 1. The van der Waals surface area contributed by atoms with Crippen LogP contribution in [0.25, 0.3) is 0 Å². The van der Waals surface area contributed by atoms with Crippen LogP contribution in [0.4, 0.5) is 0 Å².